The van der Waals surface area contributed by atoms with Crippen molar-refractivity contribution in [3.05, 3.63) is 53.1 Å². The second-order valence-electron chi connectivity index (χ2n) is 5.13. The molecule has 0 amide bonds. The number of hydrogen-bond donors (Lipinski definition) is 0. The molecule has 3 rings (SSSR count). The Labute approximate surface area is 97.7 Å². The average molecular weight is 210 g/mol. The van der Waals surface area contributed by atoms with Gasteiger partial charge in [0.2, 0.25) is 0 Å². The van der Waals surface area contributed by atoms with Crippen molar-refractivity contribution in [1.82, 2.24) is 0 Å². The number of benzene rings is 1. The van der Waals surface area contributed by atoms with Gasteiger partial charge in [-0.15, -0.1) is 0 Å². The number of fused-ring (bicyclic) bond motifs is 2. The minimum Gasteiger partial charge on any atom is -0.0779 e. The van der Waals surface area contributed by atoms with Crippen LogP contribution in [-0.2, 0) is 0 Å². The third kappa shape index (κ3) is 1.73. The quantitative estimate of drug-likeness (QED) is 0.680. The Kier molecular flexibility index (Phi) is 2.43. The molecule has 2 aliphatic rings. The van der Waals surface area contributed by atoms with Crippen molar-refractivity contribution in [1.29, 1.82) is 0 Å². The van der Waals surface area contributed by atoms with E-state index in [9.17, 15) is 0 Å². The Balaban J connectivity index is 1.81. The summed E-state index contributed by atoms with van der Waals surface area (Å²) in [4.78, 5) is 0. The monoisotopic (exact) mass is 210 g/mol. The average Bonchev–Trinajstić information content (AvgIpc) is 2.90. The molecule has 0 spiro atoms. The highest BCUT2D eigenvalue weighted by molar-refractivity contribution is 5.57. The van der Waals surface area contributed by atoms with Crippen LogP contribution >= 0.6 is 0 Å². The van der Waals surface area contributed by atoms with E-state index in [0.717, 1.165) is 11.8 Å². The molecule has 0 N–H and O–H groups in total. The molecular formula is C16H18. The predicted octanol–water partition coefficient (Wildman–Crippen LogP) is 4.36. The molecule has 2 atom stereocenters. The molecule has 1 fully saturated rings. The van der Waals surface area contributed by atoms with E-state index in [1.165, 1.54) is 30.4 Å². The van der Waals surface area contributed by atoms with Gasteiger partial charge in [0.1, 0.15) is 0 Å². The maximum absolute atomic E-state index is 2.49. The summed E-state index contributed by atoms with van der Waals surface area (Å²) in [6, 6.07) is 8.58. The highest BCUT2D eigenvalue weighted by Crippen LogP contribution is 2.44. The summed E-state index contributed by atoms with van der Waals surface area (Å²) in [5, 5.41) is 0. The van der Waals surface area contributed by atoms with Gasteiger partial charge >= 0.3 is 0 Å². The van der Waals surface area contributed by atoms with Gasteiger partial charge in [-0.2, -0.15) is 0 Å². The van der Waals surface area contributed by atoms with Crippen molar-refractivity contribution in [3.8, 4) is 0 Å². The second kappa shape index (κ2) is 3.93. The van der Waals surface area contributed by atoms with Gasteiger partial charge in [0.05, 0.1) is 0 Å². The zero-order chi connectivity index (χ0) is 11.0. The number of aryl methyl sites for hydroxylation is 1. The second-order valence-corrected chi connectivity index (χ2v) is 5.13. The first-order chi connectivity index (χ1) is 7.83. The topological polar surface area (TPSA) is 0 Å². The lowest BCUT2D eigenvalue weighted by Crippen LogP contribution is -1.93. The Morgan fingerprint density at radius 3 is 2.69 bits per heavy atom. The van der Waals surface area contributed by atoms with Crippen LogP contribution in [0.1, 0.15) is 30.4 Å². The lowest BCUT2D eigenvalue weighted by molar-refractivity contribution is 0.672. The minimum atomic E-state index is 0.866. The standard InChI is InChI=1S/C16H18/c1-12-4-2-3-5-14(12)8-9-16-11-13-6-7-15(16)10-13/h2-5,8-9,11,13,15H,6-7,10H2,1H3/b9-8+. The molecule has 0 heteroatoms. The smallest absolute Gasteiger partial charge is 0.0159 e. The van der Waals surface area contributed by atoms with Crippen LogP contribution in [0.3, 0.4) is 0 Å². The van der Waals surface area contributed by atoms with Gasteiger partial charge in [0.15, 0.2) is 0 Å². The fourth-order valence-electron chi connectivity index (χ4n) is 3.03. The van der Waals surface area contributed by atoms with Crippen LogP contribution in [0.5, 0.6) is 0 Å². The molecule has 1 aromatic rings. The van der Waals surface area contributed by atoms with Gasteiger partial charge in [-0.05, 0) is 54.7 Å². The molecule has 1 aromatic carbocycles. The molecule has 0 saturated heterocycles. The Bertz CT molecular complexity index is 451. The molecule has 0 heterocycles. The zero-order valence-electron chi connectivity index (χ0n) is 9.82. The Morgan fingerprint density at radius 2 is 2.00 bits per heavy atom. The third-order valence-electron chi connectivity index (χ3n) is 4.02. The number of hydrogen-bond acceptors (Lipinski definition) is 0. The molecule has 0 radical (unpaired) electrons. The number of rotatable bonds is 2. The molecular weight excluding hydrogens is 192 g/mol. The summed E-state index contributed by atoms with van der Waals surface area (Å²) in [5.74, 6) is 1.76. The van der Waals surface area contributed by atoms with Crippen LogP contribution in [-0.4, -0.2) is 0 Å². The SMILES string of the molecule is Cc1ccccc1/C=C/C1=CC2CCC1C2. The molecule has 2 bridgehead atoms. The van der Waals surface area contributed by atoms with Crippen LogP contribution in [0.4, 0.5) is 0 Å². The summed E-state index contributed by atoms with van der Waals surface area (Å²) < 4.78 is 0. The first kappa shape index (κ1) is 9.89. The van der Waals surface area contributed by atoms with Gasteiger partial charge in [0.25, 0.3) is 0 Å². The normalized spacial score (nSPS) is 27.7. The summed E-state index contributed by atoms with van der Waals surface area (Å²) in [7, 11) is 0. The van der Waals surface area contributed by atoms with Crippen molar-refractivity contribution in [2.45, 2.75) is 26.2 Å². The van der Waals surface area contributed by atoms with Gasteiger partial charge in [-0.1, -0.05) is 42.5 Å². The van der Waals surface area contributed by atoms with Crippen LogP contribution in [0, 0.1) is 18.8 Å². The van der Waals surface area contributed by atoms with E-state index < -0.39 is 0 Å². The van der Waals surface area contributed by atoms with Crippen LogP contribution in [0.25, 0.3) is 6.08 Å². The predicted molar refractivity (Wildman–Crippen MR) is 69.1 cm³/mol. The third-order valence-corrected chi connectivity index (χ3v) is 4.02. The fraction of sp³-hybridized carbons (Fsp3) is 0.375. The molecule has 2 unspecified atom stereocenters. The van der Waals surface area contributed by atoms with Crippen molar-refractivity contribution in [2.75, 3.05) is 0 Å². The van der Waals surface area contributed by atoms with E-state index in [1.54, 1.807) is 5.57 Å². The van der Waals surface area contributed by atoms with Gasteiger partial charge in [-0.25, -0.2) is 0 Å². The molecule has 0 nitrogen and oxygen atoms in total. The van der Waals surface area contributed by atoms with Gasteiger partial charge in [-0.3, -0.25) is 0 Å². The summed E-state index contributed by atoms with van der Waals surface area (Å²) in [6.07, 6.45) is 11.4. The minimum absolute atomic E-state index is 0.866. The van der Waals surface area contributed by atoms with Crippen molar-refractivity contribution < 1.29 is 0 Å². The largest absolute Gasteiger partial charge is 0.0779 e. The van der Waals surface area contributed by atoms with Crippen LogP contribution in [0.2, 0.25) is 0 Å². The summed E-state index contributed by atoms with van der Waals surface area (Å²) in [6.45, 7) is 2.18. The molecule has 82 valence electrons. The maximum Gasteiger partial charge on any atom is -0.0159 e. The molecule has 1 saturated carbocycles. The van der Waals surface area contributed by atoms with E-state index in [1.807, 2.05) is 0 Å². The first-order valence-electron chi connectivity index (χ1n) is 6.28. The van der Waals surface area contributed by atoms with Crippen LogP contribution in [0.15, 0.2) is 42.0 Å². The Hall–Kier alpha value is -1.30. The van der Waals surface area contributed by atoms with E-state index >= 15 is 0 Å². The molecule has 2 aliphatic carbocycles. The lowest BCUT2D eigenvalue weighted by Gasteiger charge is -2.08. The highest BCUT2D eigenvalue weighted by atomic mass is 14.4. The van der Waals surface area contributed by atoms with Crippen molar-refractivity contribution >= 4 is 6.08 Å². The van der Waals surface area contributed by atoms with Crippen LogP contribution < -0.4 is 0 Å². The van der Waals surface area contributed by atoms with E-state index in [0.29, 0.717) is 0 Å². The van der Waals surface area contributed by atoms with Gasteiger partial charge in [0, 0.05) is 0 Å². The summed E-state index contributed by atoms with van der Waals surface area (Å²) in [5.41, 5.74) is 4.30. The lowest BCUT2D eigenvalue weighted by atomic mass is 9.97. The summed E-state index contributed by atoms with van der Waals surface area (Å²) >= 11 is 0. The maximum atomic E-state index is 2.49. The zero-order valence-corrected chi connectivity index (χ0v) is 9.82. The van der Waals surface area contributed by atoms with E-state index in [-0.39, 0.29) is 0 Å². The fourth-order valence-corrected chi connectivity index (χ4v) is 3.03. The van der Waals surface area contributed by atoms with E-state index in [2.05, 4.69) is 49.4 Å². The Morgan fingerprint density at radius 1 is 1.12 bits per heavy atom. The highest BCUT2D eigenvalue weighted by Gasteiger charge is 2.31. The van der Waals surface area contributed by atoms with Crippen molar-refractivity contribution in [2.24, 2.45) is 11.8 Å². The number of allylic oxidation sites excluding steroid dienone is 3. The van der Waals surface area contributed by atoms with E-state index in [4.69, 9.17) is 0 Å². The molecule has 16 heavy (non-hydrogen) atoms. The molecule has 0 aliphatic heterocycles. The van der Waals surface area contributed by atoms with Gasteiger partial charge < -0.3 is 0 Å². The first-order valence-corrected chi connectivity index (χ1v) is 6.28. The molecule has 0 aromatic heterocycles. The van der Waals surface area contributed by atoms with Crippen molar-refractivity contribution in [3.63, 3.8) is 0 Å².